The van der Waals surface area contributed by atoms with E-state index >= 15 is 0 Å². The van der Waals surface area contributed by atoms with Gasteiger partial charge in [-0.25, -0.2) is 9.78 Å². The number of hydrogen-bond donors (Lipinski definition) is 2. The molecule has 0 atom stereocenters. The SMILES string of the molecule is COc1cc(NC(=O)NCCCn2ccc3cccnc32)cc(OC)c1OC. The van der Waals surface area contributed by atoms with Crippen molar-refractivity contribution in [3.05, 3.63) is 42.7 Å². The van der Waals surface area contributed by atoms with Gasteiger partial charge in [-0.15, -0.1) is 0 Å². The van der Waals surface area contributed by atoms with E-state index in [0.717, 1.165) is 24.0 Å². The molecule has 0 aliphatic carbocycles. The smallest absolute Gasteiger partial charge is 0.319 e. The number of anilines is 1. The molecule has 0 spiro atoms. The second kappa shape index (κ2) is 8.98. The monoisotopic (exact) mass is 384 g/mol. The number of pyridine rings is 1. The number of aryl methyl sites for hydroxylation is 1. The van der Waals surface area contributed by atoms with Crippen molar-refractivity contribution in [3.8, 4) is 17.2 Å². The van der Waals surface area contributed by atoms with E-state index < -0.39 is 0 Å². The summed E-state index contributed by atoms with van der Waals surface area (Å²) in [6.07, 6.45) is 4.57. The van der Waals surface area contributed by atoms with E-state index in [4.69, 9.17) is 14.2 Å². The molecule has 8 nitrogen and oxygen atoms in total. The van der Waals surface area contributed by atoms with Crippen LogP contribution in [0.1, 0.15) is 6.42 Å². The first-order valence-corrected chi connectivity index (χ1v) is 8.91. The summed E-state index contributed by atoms with van der Waals surface area (Å²) in [5.74, 6) is 1.43. The van der Waals surface area contributed by atoms with Gasteiger partial charge in [-0.1, -0.05) is 0 Å². The van der Waals surface area contributed by atoms with Crippen LogP contribution in [0.5, 0.6) is 17.2 Å². The summed E-state index contributed by atoms with van der Waals surface area (Å²) in [5.41, 5.74) is 1.50. The zero-order valence-corrected chi connectivity index (χ0v) is 16.2. The second-order valence-corrected chi connectivity index (χ2v) is 6.07. The van der Waals surface area contributed by atoms with Gasteiger partial charge in [0.2, 0.25) is 5.75 Å². The number of nitrogens with zero attached hydrogens (tertiary/aromatic N) is 2. The lowest BCUT2D eigenvalue weighted by Crippen LogP contribution is -2.30. The highest BCUT2D eigenvalue weighted by Gasteiger charge is 2.14. The third-order valence-corrected chi connectivity index (χ3v) is 4.31. The highest BCUT2D eigenvalue weighted by atomic mass is 16.5. The fourth-order valence-corrected chi connectivity index (χ4v) is 2.98. The van der Waals surface area contributed by atoms with Crippen molar-refractivity contribution in [2.45, 2.75) is 13.0 Å². The Bertz CT molecular complexity index is 929. The molecule has 2 aromatic heterocycles. The Morgan fingerprint density at radius 1 is 1.11 bits per heavy atom. The predicted octanol–water partition coefficient (Wildman–Crippen LogP) is 3.27. The average Bonchev–Trinajstić information content (AvgIpc) is 3.13. The number of rotatable bonds is 8. The van der Waals surface area contributed by atoms with E-state index in [9.17, 15) is 4.79 Å². The summed E-state index contributed by atoms with van der Waals surface area (Å²) in [6, 6.07) is 9.04. The molecule has 0 aliphatic heterocycles. The largest absolute Gasteiger partial charge is 0.493 e. The van der Waals surface area contributed by atoms with Gasteiger partial charge in [0.1, 0.15) is 5.65 Å². The number of amides is 2. The summed E-state index contributed by atoms with van der Waals surface area (Å²) in [7, 11) is 4.59. The van der Waals surface area contributed by atoms with Crippen molar-refractivity contribution in [1.29, 1.82) is 0 Å². The maximum Gasteiger partial charge on any atom is 0.319 e. The summed E-state index contributed by atoms with van der Waals surface area (Å²) >= 11 is 0. The van der Waals surface area contributed by atoms with Crippen LogP contribution in [0.3, 0.4) is 0 Å². The van der Waals surface area contributed by atoms with E-state index in [2.05, 4.69) is 20.2 Å². The molecule has 0 saturated carbocycles. The molecule has 2 amide bonds. The fraction of sp³-hybridized carbons (Fsp3) is 0.300. The molecule has 0 aliphatic rings. The molecule has 148 valence electrons. The highest BCUT2D eigenvalue weighted by Crippen LogP contribution is 2.39. The third-order valence-electron chi connectivity index (χ3n) is 4.31. The van der Waals surface area contributed by atoms with E-state index in [1.165, 1.54) is 21.3 Å². The number of carbonyl (C=O) groups is 1. The van der Waals surface area contributed by atoms with Crippen molar-refractivity contribution in [3.63, 3.8) is 0 Å². The molecule has 8 heteroatoms. The molecular weight excluding hydrogens is 360 g/mol. The minimum atomic E-state index is -0.301. The van der Waals surface area contributed by atoms with Crippen LogP contribution in [0.25, 0.3) is 11.0 Å². The molecule has 3 aromatic rings. The third kappa shape index (κ3) is 4.28. The highest BCUT2D eigenvalue weighted by molar-refractivity contribution is 5.90. The first kappa shape index (κ1) is 19.3. The molecule has 0 unspecified atom stereocenters. The van der Waals surface area contributed by atoms with Gasteiger partial charge in [0.15, 0.2) is 11.5 Å². The molecule has 0 fully saturated rings. The molecule has 0 bridgehead atoms. The Morgan fingerprint density at radius 2 is 1.86 bits per heavy atom. The maximum absolute atomic E-state index is 12.2. The van der Waals surface area contributed by atoms with E-state index in [1.807, 2.05) is 24.4 Å². The number of benzene rings is 1. The van der Waals surface area contributed by atoms with Crippen LogP contribution in [0.15, 0.2) is 42.7 Å². The summed E-state index contributed by atoms with van der Waals surface area (Å²) < 4.78 is 17.9. The lowest BCUT2D eigenvalue weighted by molar-refractivity contribution is 0.252. The van der Waals surface area contributed by atoms with Crippen LogP contribution in [0.4, 0.5) is 10.5 Å². The van der Waals surface area contributed by atoms with Crippen molar-refractivity contribution in [2.24, 2.45) is 0 Å². The standard InChI is InChI=1S/C20H24N4O4/c1-26-16-12-15(13-17(27-2)18(16)28-3)23-20(25)22-9-5-10-24-11-7-14-6-4-8-21-19(14)24/h4,6-8,11-13H,5,9-10H2,1-3H3,(H2,22,23,25). The van der Waals surface area contributed by atoms with Crippen LogP contribution in [-0.4, -0.2) is 43.5 Å². The van der Waals surface area contributed by atoms with E-state index in [1.54, 1.807) is 18.3 Å². The zero-order valence-electron chi connectivity index (χ0n) is 16.2. The normalized spacial score (nSPS) is 10.5. The van der Waals surface area contributed by atoms with Gasteiger partial charge in [-0.2, -0.15) is 0 Å². The average molecular weight is 384 g/mol. The van der Waals surface area contributed by atoms with Crippen molar-refractivity contribution < 1.29 is 19.0 Å². The lowest BCUT2D eigenvalue weighted by Gasteiger charge is -2.15. The quantitative estimate of drug-likeness (QED) is 0.582. The molecule has 28 heavy (non-hydrogen) atoms. The molecule has 3 rings (SSSR count). The van der Waals surface area contributed by atoms with Crippen molar-refractivity contribution in [2.75, 3.05) is 33.2 Å². The van der Waals surface area contributed by atoms with Gasteiger partial charge >= 0.3 is 6.03 Å². The van der Waals surface area contributed by atoms with Gasteiger partial charge in [0.25, 0.3) is 0 Å². The van der Waals surface area contributed by atoms with Crippen LogP contribution in [-0.2, 0) is 6.54 Å². The number of fused-ring (bicyclic) bond motifs is 1. The van der Waals surface area contributed by atoms with Gasteiger partial charge < -0.3 is 29.4 Å². The second-order valence-electron chi connectivity index (χ2n) is 6.07. The minimum absolute atomic E-state index is 0.301. The predicted molar refractivity (Wildman–Crippen MR) is 107 cm³/mol. The summed E-state index contributed by atoms with van der Waals surface area (Å²) in [5, 5.41) is 6.74. The fourth-order valence-electron chi connectivity index (χ4n) is 2.98. The van der Waals surface area contributed by atoms with Crippen LogP contribution < -0.4 is 24.8 Å². The number of nitrogens with one attached hydrogen (secondary N) is 2. The van der Waals surface area contributed by atoms with E-state index in [-0.39, 0.29) is 6.03 Å². The first-order chi connectivity index (χ1) is 13.7. The number of methoxy groups -OCH3 is 3. The zero-order chi connectivity index (χ0) is 19.9. The molecule has 1 aromatic carbocycles. The van der Waals surface area contributed by atoms with Crippen molar-refractivity contribution in [1.82, 2.24) is 14.9 Å². The summed E-state index contributed by atoms with van der Waals surface area (Å²) in [4.78, 5) is 16.6. The van der Waals surface area contributed by atoms with E-state index in [0.29, 0.717) is 29.5 Å². The topological polar surface area (TPSA) is 86.6 Å². The maximum atomic E-state index is 12.2. The number of aromatic nitrogens is 2. The van der Waals surface area contributed by atoms with Gasteiger partial charge in [-0.3, -0.25) is 0 Å². The molecular formula is C20H24N4O4. The lowest BCUT2D eigenvalue weighted by atomic mass is 10.2. The van der Waals surface area contributed by atoms with Crippen LogP contribution in [0.2, 0.25) is 0 Å². The summed E-state index contributed by atoms with van der Waals surface area (Å²) in [6.45, 7) is 1.30. The van der Waals surface area contributed by atoms with Crippen molar-refractivity contribution >= 4 is 22.8 Å². The number of urea groups is 1. The Morgan fingerprint density at radius 3 is 2.54 bits per heavy atom. The Hall–Kier alpha value is -3.42. The molecule has 2 N–H and O–H groups in total. The first-order valence-electron chi connectivity index (χ1n) is 8.91. The molecule has 0 radical (unpaired) electrons. The minimum Gasteiger partial charge on any atom is -0.493 e. The van der Waals surface area contributed by atoms with Crippen LogP contribution in [0, 0.1) is 0 Å². The Kier molecular flexibility index (Phi) is 6.21. The molecule has 2 heterocycles. The van der Waals surface area contributed by atoms with Gasteiger partial charge in [0.05, 0.1) is 27.0 Å². The number of ether oxygens (including phenoxy) is 3. The number of hydrogen-bond acceptors (Lipinski definition) is 5. The molecule has 0 saturated heterocycles. The Balaban J connectivity index is 1.53. The number of carbonyl (C=O) groups excluding carboxylic acids is 1. The van der Waals surface area contributed by atoms with Gasteiger partial charge in [-0.05, 0) is 24.6 Å². The Labute approximate surface area is 163 Å². The van der Waals surface area contributed by atoms with Crippen LogP contribution >= 0.6 is 0 Å². The van der Waals surface area contributed by atoms with Gasteiger partial charge in [0, 0.05) is 43.0 Å².